The molecule has 0 aliphatic heterocycles. The SMILES string of the molecule is CC(C)c1cc(Br)c(OCCN(C)C)c(C=O)c1. The van der Waals surface area contributed by atoms with Crippen molar-refractivity contribution in [3.63, 3.8) is 0 Å². The summed E-state index contributed by atoms with van der Waals surface area (Å²) in [5.74, 6) is 1.02. The summed E-state index contributed by atoms with van der Waals surface area (Å²) >= 11 is 3.48. The molecule has 0 amide bonds. The van der Waals surface area contributed by atoms with Gasteiger partial charge in [0.05, 0.1) is 10.0 Å². The normalized spacial score (nSPS) is 11.1. The Labute approximate surface area is 117 Å². The van der Waals surface area contributed by atoms with E-state index in [1.54, 1.807) is 0 Å². The Hall–Kier alpha value is -0.870. The lowest BCUT2D eigenvalue weighted by atomic mass is 10.0. The van der Waals surface area contributed by atoms with Crippen LogP contribution < -0.4 is 4.74 Å². The molecular weight excluding hydrogens is 294 g/mol. The van der Waals surface area contributed by atoms with Crippen LogP contribution in [-0.4, -0.2) is 38.4 Å². The van der Waals surface area contributed by atoms with Crippen molar-refractivity contribution in [1.29, 1.82) is 0 Å². The maximum Gasteiger partial charge on any atom is 0.153 e. The highest BCUT2D eigenvalue weighted by molar-refractivity contribution is 9.10. The molecule has 0 heterocycles. The minimum Gasteiger partial charge on any atom is -0.490 e. The fraction of sp³-hybridized carbons (Fsp3) is 0.500. The Balaban J connectivity index is 2.93. The Morgan fingerprint density at radius 1 is 1.39 bits per heavy atom. The van der Waals surface area contributed by atoms with Gasteiger partial charge in [0, 0.05) is 6.54 Å². The molecule has 4 heteroatoms. The molecule has 0 aromatic heterocycles. The number of likely N-dealkylation sites (N-methyl/N-ethyl adjacent to an activating group) is 1. The van der Waals surface area contributed by atoms with Crippen LogP contribution in [0.15, 0.2) is 16.6 Å². The number of hydrogen-bond acceptors (Lipinski definition) is 3. The molecule has 0 fully saturated rings. The Morgan fingerprint density at radius 3 is 2.56 bits per heavy atom. The predicted octanol–water partition coefficient (Wildman–Crippen LogP) is 3.33. The molecule has 0 aliphatic carbocycles. The van der Waals surface area contributed by atoms with E-state index in [2.05, 4.69) is 29.8 Å². The van der Waals surface area contributed by atoms with E-state index in [1.807, 2.05) is 31.1 Å². The zero-order chi connectivity index (χ0) is 13.7. The minimum atomic E-state index is 0.385. The zero-order valence-corrected chi connectivity index (χ0v) is 13.0. The molecular formula is C14H20BrNO2. The second-order valence-electron chi connectivity index (χ2n) is 4.85. The van der Waals surface area contributed by atoms with Gasteiger partial charge in [0.1, 0.15) is 12.4 Å². The number of rotatable bonds is 6. The first-order valence-electron chi connectivity index (χ1n) is 6.01. The third-order valence-electron chi connectivity index (χ3n) is 2.67. The fourth-order valence-electron chi connectivity index (χ4n) is 1.54. The smallest absolute Gasteiger partial charge is 0.153 e. The number of nitrogens with zero attached hydrogens (tertiary/aromatic N) is 1. The van der Waals surface area contributed by atoms with E-state index in [9.17, 15) is 4.79 Å². The average Bonchev–Trinajstić information content (AvgIpc) is 2.29. The van der Waals surface area contributed by atoms with E-state index in [0.29, 0.717) is 23.8 Å². The maximum absolute atomic E-state index is 11.1. The molecule has 1 rings (SSSR count). The molecule has 0 saturated carbocycles. The van der Waals surface area contributed by atoms with Crippen LogP contribution in [-0.2, 0) is 0 Å². The van der Waals surface area contributed by atoms with E-state index in [0.717, 1.165) is 22.9 Å². The zero-order valence-electron chi connectivity index (χ0n) is 11.4. The van der Waals surface area contributed by atoms with Gasteiger partial charge in [0.15, 0.2) is 6.29 Å². The van der Waals surface area contributed by atoms with Gasteiger partial charge in [-0.25, -0.2) is 0 Å². The van der Waals surface area contributed by atoms with Gasteiger partial charge >= 0.3 is 0 Å². The van der Waals surface area contributed by atoms with Crippen molar-refractivity contribution < 1.29 is 9.53 Å². The number of carbonyl (C=O) groups excluding carboxylic acids is 1. The molecule has 0 radical (unpaired) electrons. The summed E-state index contributed by atoms with van der Waals surface area (Å²) < 4.78 is 6.53. The Bertz CT molecular complexity index is 417. The monoisotopic (exact) mass is 313 g/mol. The van der Waals surface area contributed by atoms with Gasteiger partial charge in [-0.05, 0) is 53.6 Å². The van der Waals surface area contributed by atoms with Gasteiger partial charge in [0.25, 0.3) is 0 Å². The summed E-state index contributed by atoms with van der Waals surface area (Å²) in [5.41, 5.74) is 1.73. The highest BCUT2D eigenvalue weighted by Gasteiger charge is 2.12. The summed E-state index contributed by atoms with van der Waals surface area (Å²) in [7, 11) is 3.97. The van der Waals surface area contributed by atoms with Crippen LogP contribution in [0.5, 0.6) is 5.75 Å². The highest BCUT2D eigenvalue weighted by atomic mass is 79.9. The van der Waals surface area contributed by atoms with Crippen LogP contribution in [0, 0.1) is 0 Å². The third-order valence-corrected chi connectivity index (χ3v) is 3.26. The van der Waals surface area contributed by atoms with E-state index in [1.165, 1.54) is 0 Å². The van der Waals surface area contributed by atoms with Crippen LogP contribution in [0.1, 0.15) is 35.7 Å². The van der Waals surface area contributed by atoms with Gasteiger partial charge in [-0.3, -0.25) is 4.79 Å². The lowest BCUT2D eigenvalue weighted by Crippen LogP contribution is -2.20. The average molecular weight is 314 g/mol. The first-order chi connectivity index (χ1) is 8.45. The predicted molar refractivity (Wildman–Crippen MR) is 77.7 cm³/mol. The highest BCUT2D eigenvalue weighted by Crippen LogP contribution is 2.32. The number of benzene rings is 1. The Morgan fingerprint density at radius 2 is 2.06 bits per heavy atom. The molecule has 0 spiro atoms. The lowest BCUT2D eigenvalue weighted by Gasteiger charge is -2.15. The first kappa shape index (κ1) is 15.2. The quantitative estimate of drug-likeness (QED) is 0.754. The number of ether oxygens (including phenoxy) is 1. The molecule has 0 saturated heterocycles. The Kier molecular flexibility index (Phi) is 5.82. The van der Waals surface area contributed by atoms with Gasteiger partial charge in [-0.15, -0.1) is 0 Å². The molecule has 0 bridgehead atoms. The van der Waals surface area contributed by atoms with E-state index < -0.39 is 0 Å². The van der Waals surface area contributed by atoms with Crippen LogP contribution >= 0.6 is 15.9 Å². The third kappa shape index (κ3) is 4.10. The minimum absolute atomic E-state index is 0.385. The summed E-state index contributed by atoms with van der Waals surface area (Å²) in [6.45, 7) is 5.58. The molecule has 0 unspecified atom stereocenters. The van der Waals surface area contributed by atoms with Crippen molar-refractivity contribution in [2.45, 2.75) is 19.8 Å². The summed E-state index contributed by atoms with van der Waals surface area (Å²) in [4.78, 5) is 13.2. The van der Waals surface area contributed by atoms with E-state index in [4.69, 9.17) is 4.74 Å². The number of aldehydes is 1. The van der Waals surface area contributed by atoms with Crippen molar-refractivity contribution >= 4 is 22.2 Å². The van der Waals surface area contributed by atoms with Gasteiger partial charge < -0.3 is 9.64 Å². The van der Waals surface area contributed by atoms with E-state index in [-0.39, 0.29) is 0 Å². The van der Waals surface area contributed by atoms with Gasteiger partial charge in [-0.1, -0.05) is 13.8 Å². The van der Waals surface area contributed by atoms with Gasteiger partial charge in [-0.2, -0.15) is 0 Å². The molecule has 3 nitrogen and oxygen atoms in total. The first-order valence-corrected chi connectivity index (χ1v) is 6.81. The lowest BCUT2D eigenvalue weighted by molar-refractivity contribution is 0.111. The van der Waals surface area contributed by atoms with Crippen LogP contribution in [0.25, 0.3) is 0 Å². The van der Waals surface area contributed by atoms with Crippen LogP contribution in [0.3, 0.4) is 0 Å². The topological polar surface area (TPSA) is 29.5 Å². The van der Waals surface area contributed by atoms with Crippen LogP contribution in [0.4, 0.5) is 0 Å². The molecule has 1 aromatic rings. The van der Waals surface area contributed by atoms with Crippen molar-refractivity contribution in [2.75, 3.05) is 27.2 Å². The van der Waals surface area contributed by atoms with Crippen molar-refractivity contribution in [3.8, 4) is 5.75 Å². The fourth-order valence-corrected chi connectivity index (χ4v) is 2.15. The summed E-state index contributed by atoms with van der Waals surface area (Å²) in [6, 6.07) is 3.91. The van der Waals surface area contributed by atoms with Crippen molar-refractivity contribution in [1.82, 2.24) is 4.90 Å². The summed E-state index contributed by atoms with van der Waals surface area (Å²) in [6.07, 6.45) is 0.849. The molecule has 0 atom stereocenters. The molecule has 100 valence electrons. The van der Waals surface area contributed by atoms with Gasteiger partial charge in [0.2, 0.25) is 0 Å². The second-order valence-corrected chi connectivity index (χ2v) is 5.70. The molecule has 18 heavy (non-hydrogen) atoms. The van der Waals surface area contributed by atoms with Crippen LogP contribution in [0.2, 0.25) is 0 Å². The molecule has 0 aliphatic rings. The standard InChI is InChI=1S/C14H20BrNO2/c1-10(2)11-7-12(9-17)14(13(15)8-11)18-6-5-16(3)4/h7-10H,5-6H2,1-4H3. The second kappa shape index (κ2) is 6.90. The molecule has 0 N–H and O–H groups in total. The number of halogens is 1. The maximum atomic E-state index is 11.1. The number of hydrogen-bond donors (Lipinski definition) is 0. The summed E-state index contributed by atoms with van der Waals surface area (Å²) in [5, 5.41) is 0. The molecule has 1 aromatic carbocycles. The van der Waals surface area contributed by atoms with Crippen molar-refractivity contribution in [2.24, 2.45) is 0 Å². The van der Waals surface area contributed by atoms with Crippen molar-refractivity contribution in [3.05, 3.63) is 27.7 Å². The number of carbonyl (C=O) groups is 1. The largest absolute Gasteiger partial charge is 0.490 e. The van der Waals surface area contributed by atoms with E-state index >= 15 is 0 Å².